The number of ketones is 1. The van der Waals surface area contributed by atoms with E-state index in [4.69, 9.17) is 0 Å². The average molecular weight is 578 g/mol. The zero-order valence-electron chi connectivity index (χ0n) is 22.0. The first kappa shape index (κ1) is 28.3. The van der Waals surface area contributed by atoms with Crippen molar-refractivity contribution in [2.75, 3.05) is 7.05 Å². The highest BCUT2D eigenvalue weighted by Crippen LogP contribution is 2.34. The lowest BCUT2D eigenvalue weighted by Gasteiger charge is -2.20. The SMILES string of the molecule is CNS(=O)(=O)c1cccc(-c2cccnc2[C@@H](CC(=O)Cc2c[nH]c3ccc(F)cc23)Cc2cc(F)cc(F)c2)c1. The molecule has 3 aromatic carbocycles. The molecule has 0 aliphatic rings. The van der Waals surface area contributed by atoms with Crippen molar-refractivity contribution in [1.82, 2.24) is 14.7 Å². The standard InChI is InChI=1S/C31H26F3N3O3S/c1-35-41(39,40)27-5-2-4-20(15-27)28-6-3-9-36-31(28)21(10-19-11-24(33)16-25(34)12-19)13-26(38)14-22-18-37-30-8-7-23(32)17-29(22)30/h2-9,11-12,15-18,21,35,37H,10,13-14H2,1H3/t21-/m1/s1. The third kappa shape index (κ3) is 6.39. The van der Waals surface area contributed by atoms with E-state index in [0.717, 1.165) is 6.07 Å². The number of Topliss-reactive ketones (excluding diaryl/α,β-unsaturated/α-hetero) is 1. The summed E-state index contributed by atoms with van der Waals surface area (Å²) in [5.41, 5.74) is 3.30. The molecule has 1 atom stereocenters. The van der Waals surface area contributed by atoms with Crippen LogP contribution in [-0.4, -0.2) is 31.2 Å². The van der Waals surface area contributed by atoms with Crippen LogP contribution >= 0.6 is 0 Å². The number of H-pyrrole nitrogens is 1. The molecule has 0 aliphatic heterocycles. The minimum atomic E-state index is -3.73. The number of carbonyl (C=O) groups excluding carboxylic acids is 1. The summed E-state index contributed by atoms with van der Waals surface area (Å²) in [6.07, 6.45) is 3.30. The molecule has 0 unspecified atom stereocenters. The minimum absolute atomic E-state index is 0.00945. The first-order chi connectivity index (χ1) is 19.6. The number of aromatic amines is 1. The maximum Gasteiger partial charge on any atom is 0.240 e. The Hall–Kier alpha value is -4.28. The number of nitrogens with zero attached hydrogens (tertiary/aromatic N) is 1. The Morgan fingerprint density at radius 2 is 1.73 bits per heavy atom. The number of sulfonamides is 1. The summed E-state index contributed by atoms with van der Waals surface area (Å²) in [5.74, 6) is -2.68. The number of nitrogens with one attached hydrogen (secondary N) is 2. The minimum Gasteiger partial charge on any atom is -0.361 e. The molecule has 0 saturated carbocycles. The van der Waals surface area contributed by atoms with Crippen LogP contribution in [0, 0.1) is 17.5 Å². The van der Waals surface area contributed by atoms with E-state index >= 15 is 0 Å². The third-order valence-corrected chi connectivity index (χ3v) is 8.36. The van der Waals surface area contributed by atoms with Gasteiger partial charge < -0.3 is 4.98 Å². The molecule has 6 nitrogen and oxygen atoms in total. The Morgan fingerprint density at radius 3 is 2.49 bits per heavy atom. The molecule has 5 rings (SSSR count). The molecule has 0 spiro atoms. The molecule has 2 aromatic heterocycles. The fourth-order valence-corrected chi connectivity index (χ4v) is 5.85. The van der Waals surface area contributed by atoms with E-state index in [0.29, 0.717) is 38.9 Å². The quantitative estimate of drug-likeness (QED) is 0.210. The van der Waals surface area contributed by atoms with Crippen LogP contribution in [0.1, 0.15) is 29.2 Å². The average Bonchev–Trinajstić information content (AvgIpc) is 3.33. The molecule has 0 fully saturated rings. The Kier molecular flexibility index (Phi) is 8.05. The molecule has 0 radical (unpaired) electrons. The molecule has 41 heavy (non-hydrogen) atoms. The van der Waals surface area contributed by atoms with Gasteiger partial charge in [-0.25, -0.2) is 26.3 Å². The highest BCUT2D eigenvalue weighted by Gasteiger charge is 2.24. The van der Waals surface area contributed by atoms with Gasteiger partial charge in [-0.15, -0.1) is 0 Å². The van der Waals surface area contributed by atoms with Gasteiger partial charge >= 0.3 is 0 Å². The smallest absolute Gasteiger partial charge is 0.240 e. The van der Waals surface area contributed by atoms with Gasteiger partial charge in [0.2, 0.25) is 10.0 Å². The normalized spacial score (nSPS) is 12.5. The fraction of sp³-hybridized carbons (Fsp3) is 0.161. The van der Waals surface area contributed by atoms with Gasteiger partial charge in [0.15, 0.2) is 0 Å². The van der Waals surface area contributed by atoms with Crippen LogP contribution in [0.25, 0.3) is 22.0 Å². The third-order valence-electron chi connectivity index (χ3n) is 6.94. The number of rotatable bonds is 10. The lowest BCUT2D eigenvalue weighted by molar-refractivity contribution is -0.118. The number of fused-ring (bicyclic) bond motifs is 1. The number of benzene rings is 3. The fourth-order valence-electron chi connectivity index (χ4n) is 5.07. The Morgan fingerprint density at radius 1 is 0.951 bits per heavy atom. The van der Waals surface area contributed by atoms with E-state index in [9.17, 15) is 26.4 Å². The van der Waals surface area contributed by atoms with Crippen LogP contribution in [0.2, 0.25) is 0 Å². The van der Waals surface area contributed by atoms with Crippen molar-refractivity contribution in [3.63, 3.8) is 0 Å². The highest BCUT2D eigenvalue weighted by molar-refractivity contribution is 7.89. The van der Waals surface area contributed by atoms with Gasteiger partial charge in [-0.1, -0.05) is 18.2 Å². The van der Waals surface area contributed by atoms with Gasteiger partial charge in [-0.2, -0.15) is 0 Å². The monoisotopic (exact) mass is 577 g/mol. The number of halogens is 3. The summed E-state index contributed by atoms with van der Waals surface area (Å²) in [7, 11) is -2.41. The molecule has 0 saturated heterocycles. The maximum atomic E-state index is 14.1. The van der Waals surface area contributed by atoms with E-state index in [1.165, 1.54) is 43.4 Å². The largest absolute Gasteiger partial charge is 0.361 e. The Bertz CT molecular complexity index is 1830. The van der Waals surface area contributed by atoms with Gasteiger partial charge in [0.25, 0.3) is 0 Å². The first-order valence-corrected chi connectivity index (χ1v) is 14.3. The van der Waals surface area contributed by atoms with E-state index in [1.54, 1.807) is 42.7 Å². The number of hydrogen-bond donors (Lipinski definition) is 2. The molecule has 2 heterocycles. The van der Waals surface area contributed by atoms with E-state index in [-0.39, 0.29) is 29.9 Å². The zero-order valence-corrected chi connectivity index (χ0v) is 22.8. The second kappa shape index (κ2) is 11.7. The van der Waals surface area contributed by atoms with Crippen LogP contribution in [0.15, 0.2) is 90.1 Å². The molecular formula is C31H26F3N3O3S. The number of pyridine rings is 1. The second-order valence-electron chi connectivity index (χ2n) is 9.77. The van der Waals surface area contributed by atoms with Crippen LogP contribution in [-0.2, 0) is 27.7 Å². The summed E-state index contributed by atoms with van der Waals surface area (Å²) in [6, 6.07) is 17.3. The van der Waals surface area contributed by atoms with Crippen molar-refractivity contribution in [2.45, 2.75) is 30.1 Å². The topological polar surface area (TPSA) is 91.9 Å². The van der Waals surface area contributed by atoms with Crippen molar-refractivity contribution < 1.29 is 26.4 Å². The van der Waals surface area contributed by atoms with Gasteiger partial charge in [-0.3, -0.25) is 9.78 Å². The summed E-state index contributed by atoms with van der Waals surface area (Å²) in [5, 5.41) is 0.600. The molecular weight excluding hydrogens is 551 g/mol. The number of aromatic nitrogens is 2. The lowest BCUT2D eigenvalue weighted by Crippen LogP contribution is -2.18. The molecule has 0 bridgehead atoms. The summed E-state index contributed by atoms with van der Waals surface area (Å²) in [6.45, 7) is 0. The number of carbonyl (C=O) groups is 1. The van der Waals surface area contributed by atoms with Crippen molar-refractivity contribution in [3.8, 4) is 11.1 Å². The van der Waals surface area contributed by atoms with Gasteiger partial charge in [0, 0.05) is 53.7 Å². The molecule has 2 N–H and O–H groups in total. The van der Waals surface area contributed by atoms with Crippen LogP contribution < -0.4 is 4.72 Å². The van der Waals surface area contributed by atoms with Gasteiger partial charge in [0.05, 0.1) is 10.6 Å². The van der Waals surface area contributed by atoms with Crippen molar-refractivity contribution in [2.24, 2.45) is 0 Å². The van der Waals surface area contributed by atoms with E-state index < -0.39 is 33.4 Å². The van der Waals surface area contributed by atoms with Gasteiger partial charge in [0.1, 0.15) is 23.2 Å². The summed E-state index contributed by atoms with van der Waals surface area (Å²) < 4.78 is 69.3. The molecule has 5 aromatic rings. The van der Waals surface area contributed by atoms with Crippen molar-refractivity contribution >= 4 is 26.7 Å². The van der Waals surface area contributed by atoms with Gasteiger partial charge in [-0.05, 0) is 78.7 Å². The van der Waals surface area contributed by atoms with E-state index in [1.807, 2.05) is 0 Å². The van der Waals surface area contributed by atoms with Crippen molar-refractivity contribution in [3.05, 3.63) is 119 Å². The highest BCUT2D eigenvalue weighted by atomic mass is 32.2. The summed E-state index contributed by atoms with van der Waals surface area (Å²) in [4.78, 5) is 21.1. The predicted molar refractivity (Wildman–Crippen MR) is 150 cm³/mol. The number of hydrogen-bond acceptors (Lipinski definition) is 4. The Labute approximate surface area is 235 Å². The maximum absolute atomic E-state index is 14.1. The van der Waals surface area contributed by atoms with E-state index in [2.05, 4.69) is 14.7 Å². The van der Waals surface area contributed by atoms with Crippen LogP contribution in [0.4, 0.5) is 13.2 Å². The molecule has 10 heteroatoms. The zero-order chi connectivity index (χ0) is 29.1. The molecule has 0 amide bonds. The summed E-state index contributed by atoms with van der Waals surface area (Å²) >= 11 is 0. The van der Waals surface area contributed by atoms with Crippen LogP contribution in [0.5, 0.6) is 0 Å². The van der Waals surface area contributed by atoms with Crippen LogP contribution in [0.3, 0.4) is 0 Å². The molecule has 0 aliphatic carbocycles. The first-order valence-electron chi connectivity index (χ1n) is 12.8. The molecule has 210 valence electrons. The Balaban J connectivity index is 1.53. The predicted octanol–water partition coefficient (Wildman–Crippen LogP) is 6.08. The lowest BCUT2D eigenvalue weighted by atomic mass is 9.86. The van der Waals surface area contributed by atoms with Crippen molar-refractivity contribution in [1.29, 1.82) is 0 Å². The second-order valence-corrected chi connectivity index (χ2v) is 11.7.